The maximum Gasteiger partial charge on any atom is 0.187 e. The molecule has 3 aliphatic rings. The topological polar surface area (TPSA) is 46.2 Å². The Morgan fingerprint density at radius 3 is 2.67 bits per heavy atom. The van der Waals surface area contributed by atoms with Crippen LogP contribution in [0.5, 0.6) is 0 Å². The van der Waals surface area contributed by atoms with Crippen LogP contribution < -0.4 is 0 Å². The monoisotopic (exact) mass is 216 g/mol. The highest BCUT2D eigenvalue weighted by atomic mass is 16.8. The van der Waals surface area contributed by atoms with E-state index in [2.05, 4.69) is 0 Å². The molecule has 2 bridgehead atoms. The van der Waals surface area contributed by atoms with Crippen LogP contribution >= 0.6 is 0 Å². The average Bonchev–Trinajstić information content (AvgIpc) is 2.70. The molecular weight excluding hydrogens is 200 g/mol. The molecule has 0 radical (unpaired) electrons. The highest BCUT2D eigenvalue weighted by molar-refractivity contribution is 4.99. The summed E-state index contributed by atoms with van der Waals surface area (Å²) in [7, 11) is 1.64. The van der Waals surface area contributed by atoms with E-state index in [-0.39, 0.29) is 30.7 Å². The summed E-state index contributed by atoms with van der Waals surface area (Å²) >= 11 is 0. The van der Waals surface area contributed by atoms with Gasteiger partial charge in [-0.1, -0.05) is 0 Å². The van der Waals surface area contributed by atoms with Crippen molar-refractivity contribution in [1.82, 2.24) is 0 Å². The summed E-state index contributed by atoms with van der Waals surface area (Å²) in [5, 5.41) is 0. The number of hydrogen-bond acceptors (Lipinski definition) is 5. The van der Waals surface area contributed by atoms with Gasteiger partial charge in [-0.2, -0.15) is 0 Å². The molecule has 0 saturated carbocycles. The van der Waals surface area contributed by atoms with Gasteiger partial charge in [0.2, 0.25) is 0 Å². The molecule has 3 aliphatic heterocycles. The van der Waals surface area contributed by atoms with E-state index in [0.717, 1.165) is 0 Å². The van der Waals surface area contributed by atoms with Crippen molar-refractivity contribution in [2.45, 2.75) is 50.3 Å². The van der Waals surface area contributed by atoms with Gasteiger partial charge in [-0.15, -0.1) is 0 Å². The summed E-state index contributed by atoms with van der Waals surface area (Å²) in [6, 6.07) is 0. The lowest BCUT2D eigenvalue weighted by Crippen LogP contribution is -2.53. The van der Waals surface area contributed by atoms with Crippen LogP contribution in [0.4, 0.5) is 0 Å². The third-order valence-corrected chi connectivity index (χ3v) is 3.13. The van der Waals surface area contributed by atoms with E-state index in [9.17, 15) is 0 Å². The van der Waals surface area contributed by atoms with Crippen molar-refractivity contribution in [3.8, 4) is 0 Å². The molecule has 5 nitrogen and oxygen atoms in total. The first-order valence-corrected chi connectivity index (χ1v) is 5.26. The molecular formula is C10H16O5. The van der Waals surface area contributed by atoms with E-state index in [0.29, 0.717) is 6.61 Å². The standard InChI is InChI=1S/C10H16O5/c1-10(2)14-6-5-4-12-9(13-5)8(11-3)7(6)15-10/h5-9H,4H2,1-3H3. The fourth-order valence-corrected chi connectivity index (χ4v) is 2.54. The molecule has 5 unspecified atom stereocenters. The molecule has 3 heterocycles. The van der Waals surface area contributed by atoms with Crippen LogP contribution in [0.1, 0.15) is 13.8 Å². The first-order chi connectivity index (χ1) is 7.11. The Hall–Kier alpha value is -0.200. The number of methoxy groups -OCH3 is 1. The summed E-state index contributed by atoms with van der Waals surface area (Å²) in [5.41, 5.74) is 0. The largest absolute Gasteiger partial charge is 0.373 e. The summed E-state index contributed by atoms with van der Waals surface area (Å²) in [5.74, 6) is -0.556. The smallest absolute Gasteiger partial charge is 0.187 e. The molecule has 5 heteroatoms. The van der Waals surface area contributed by atoms with E-state index in [1.165, 1.54) is 0 Å². The second-order valence-corrected chi connectivity index (χ2v) is 4.64. The van der Waals surface area contributed by atoms with Crippen LogP contribution in [-0.4, -0.2) is 50.2 Å². The predicted octanol–water partition coefficient (Wildman–Crippen LogP) is 0.277. The summed E-state index contributed by atoms with van der Waals surface area (Å²) in [4.78, 5) is 0. The summed E-state index contributed by atoms with van der Waals surface area (Å²) in [6.45, 7) is 4.38. The van der Waals surface area contributed by atoms with E-state index in [1.807, 2.05) is 13.8 Å². The van der Waals surface area contributed by atoms with Gasteiger partial charge in [-0.05, 0) is 13.8 Å². The van der Waals surface area contributed by atoms with Gasteiger partial charge in [0.15, 0.2) is 12.1 Å². The van der Waals surface area contributed by atoms with Crippen LogP contribution in [0.3, 0.4) is 0 Å². The molecule has 0 aromatic heterocycles. The van der Waals surface area contributed by atoms with Gasteiger partial charge >= 0.3 is 0 Å². The van der Waals surface area contributed by atoms with E-state index < -0.39 is 5.79 Å². The quantitative estimate of drug-likeness (QED) is 0.630. The SMILES string of the molecule is COC1C2OCC(O2)C2OC(C)(C)OC21. The molecule has 3 fully saturated rings. The molecule has 0 spiro atoms. The second kappa shape index (κ2) is 3.15. The minimum atomic E-state index is -0.556. The Balaban J connectivity index is 1.88. The fourth-order valence-electron chi connectivity index (χ4n) is 2.54. The maximum atomic E-state index is 5.83. The van der Waals surface area contributed by atoms with Crippen molar-refractivity contribution in [2.24, 2.45) is 0 Å². The van der Waals surface area contributed by atoms with Crippen molar-refractivity contribution < 1.29 is 23.7 Å². The molecule has 0 aliphatic carbocycles. The maximum absolute atomic E-state index is 5.83. The summed E-state index contributed by atoms with van der Waals surface area (Å²) < 4.78 is 28.1. The third kappa shape index (κ3) is 1.42. The minimum absolute atomic E-state index is 0.0202. The van der Waals surface area contributed by atoms with Gasteiger partial charge < -0.3 is 23.7 Å². The van der Waals surface area contributed by atoms with Crippen LogP contribution in [0.15, 0.2) is 0 Å². The molecule has 0 amide bonds. The average molecular weight is 216 g/mol. The zero-order valence-electron chi connectivity index (χ0n) is 9.14. The number of rotatable bonds is 1. The van der Waals surface area contributed by atoms with Gasteiger partial charge in [-0.25, -0.2) is 0 Å². The Morgan fingerprint density at radius 2 is 1.93 bits per heavy atom. The van der Waals surface area contributed by atoms with E-state index in [4.69, 9.17) is 23.7 Å². The van der Waals surface area contributed by atoms with Crippen LogP contribution in [0.2, 0.25) is 0 Å². The number of fused-ring (bicyclic) bond motifs is 4. The lowest BCUT2D eigenvalue weighted by atomic mass is 10.0. The van der Waals surface area contributed by atoms with Crippen molar-refractivity contribution in [3.63, 3.8) is 0 Å². The molecule has 3 rings (SSSR count). The fraction of sp³-hybridized carbons (Fsp3) is 1.00. The van der Waals surface area contributed by atoms with Crippen LogP contribution in [0, 0.1) is 0 Å². The van der Waals surface area contributed by atoms with Crippen molar-refractivity contribution >= 4 is 0 Å². The highest BCUT2D eigenvalue weighted by Gasteiger charge is 2.58. The first kappa shape index (κ1) is 9.99. The van der Waals surface area contributed by atoms with Crippen molar-refractivity contribution in [2.75, 3.05) is 13.7 Å². The predicted molar refractivity (Wildman–Crippen MR) is 49.2 cm³/mol. The molecule has 0 aromatic carbocycles. The van der Waals surface area contributed by atoms with Gasteiger partial charge in [0.1, 0.15) is 24.4 Å². The van der Waals surface area contributed by atoms with Crippen LogP contribution in [0.25, 0.3) is 0 Å². The molecule has 15 heavy (non-hydrogen) atoms. The molecule has 5 atom stereocenters. The second-order valence-electron chi connectivity index (χ2n) is 4.64. The molecule has 0 aromatic rings. The summed E-state index contributed by atoms with van der Waals surface area (Å²) in [6.07, 6.45) is -0.692. The number of hydrogen-bond donors (Lipinski definition) is 0. The highest BCUT2D eigenvalue weighted by Crippen LogP contribution is 2.41. The first-order valence-electron chi connectivity index (χ1n) is 5.26. The van der Waals surface area contributed by atoms with Gasteiger partial charge in [0.25, 0.3) is 0 Å². The Morgan fingerprint density at radius 1 is 1.20 bits per heavy atom. The zero-order valence-corrected chi connectivity index (χ0v) is 9.14. The molecule has 0 N–H and O–H groups in total. The van der Waals surface area contributed by atoms with Crippen LogP contribution in [-0.2, 0) is 23.7 Å². The van der Waals surface area contributed by atoms with E-state index in [1.54, 1.807) is 7.11 Å². The Bertz CT molecular complexity index is 267. The number of ether oxygens (including phenoxy) is 5. The van der Waals surface area contributed by atoms with Crippen molar-refractivity contribution in [3.05, 3.63) is 0 Å². The lowest BCUT2D eigenvalue weighted by molar-refractivity contribution is -0.213. The third-order valence-electron chi connectivity index (χ3n) is 3.13. The van der Waals surface area contributed by atoms with Gasteiger partial charge in [-0.3, -0.25) is 0 Å². The normalized spacial score (nSPS) is 51.8. The Labute approximate surface area is 88.6 Å². The zero-order chi connectivity index (χ0) is 10.6. The minimum Gasteiger partial charge on any atom is -0.373 e. The molecule has 86 valence electrons. The molecule has 3 saturated heterocycles. The lowest BCUT2D eigenvalue weighted by Gasteiger charge is -2.33. The van der Waals surface area contributed by atoms with Gasteiger partial charge in [0, 0.05) is 7.11 Å². The Kier molecular flexibility index (Phi) is 2.10. The van der Waals surface area contributed by atoms with Crippen molar-refractivity contribution in [1.29, 1.82) is 0 Å². The van der Waals surface area contributed by atoms with Gasteiger partial charge in [0.05, 0.1) is 6.61 Å². The van der Waals surface area contributed by atoms with E-state index >= 15 is 0 Å².